The minimum absolute atomic E-state index is 0.126. The van der Waals surface area contributed by atoms with Gasteiger partial charge in [-0.05, 0) is 22.9 Å². The van der Waals surface area contributed by atoms with Crippen LogP contribution < -0.4 is 0 Å². The van der Waals surface area contributed by atoms with Gasteiger partial charge in [0.25, 0.3) is 0 Å². The summed E-state index contributed by atoms with van der Waals surface area (Å²) in [7, 11) is 3.11. The van der Waals surface area contributed by atoms with Gasteiger partial charge in [-0.2, -0.15) is 5.10 Å². The maximum Gasteiger partial charge on any atom is 0.356 e. The molecule has 0 aliphatic rings. The number of carbonyl (C=O) groups is 1. The highest BCUT2D eigenvalue weighted by molar-refractivity contribution is 9.12. The van der Waals surface area contributed by atoms with E-state index in [1.807, 2.05) is 0 Å². The fraction of sp³-hybridized carbons (Fsp3) is 0.364. The van der Waals surface area contributed by atoms with E-state index in [0.29, 0.717) is 4.48 Å². The zero-order chi connectivity index (χ0) is 14.1. The summed E-state index contributed by atoms with van der Waals surface area (Å²) in [5.41, 5.74) is 0.126. The van der Waals surface area contributed by atoms with E-state index in [1.165, 1.54) is 24.3 Å². The highest BCUT2D eigenvalue weighted by atomic mass is 79.9. The van der Waals surface area contributed by atoms with Crippen LogP contribution in [0.2, 0.25) is 0 Å². The van der Waals surface area contributed by atoms with Crippen molar-refractivity contribution < 1.29 is 9.53 Å². The number of nitrogens with zero attached hydrogens (tertiary/aromatic N) is 3. The van der Waals surface area contributed by atoms with Gasteiger partial charge in [0, 0.05) is 24.7 Å². The van der Waals surface area contributed by atoms with Crippen molar-refractivity contribution in [2.24, 2.45) is 10.1 Å². The highest BCUT2D eigenvalue weighted by Crippen LogP contribution is 2.09. The summed E-state index contributed by atoms with van der Waals surface area (Å²) in [6.45, 7) is 5.59. The number of carbonyl (C=O) groups excluding carboxylic acids is 1. The van der Waals surface area contributed by atoms with Crippen LogP contribution in [0.5, 0.6) is 0 Å². The van der Waals surface area contributed by atoms with E-state index in [2.05, 4.69) is 32.6 Å². The monoisotopic (exact) mass is 335 g/mol. The van der Waals surface area contributed by atoms with Crippen molar-refractivity contribution in [3.8, 4) is 0 Å². The fourth-order valence-corrected chi connectivity index (χ4v) is 1.07. The first-order valence-electron chi connectivity index (χ1n) is 5.05. The minimum atomic E-state index is -0.527. The van der Waals surface area contributed by atoms with Gasteiger partial charge in [0.2, 0.25) is 0 Å². The van der Waals surface area contributed by atoms with Crippen molar-refractivity contribution in [1.29, 1.82) is 0 Å². The highest BCUT2D eigenvalue weighted by Gasteiger charge is 2.11. The van der Waals surface area contributed by atoms with Crippen LogP contribution in [0, 0.1) is 0 Å². The maximum absolute atomic E-state index is 11.5. The molecule has 0 radical (unpaired) electrons. The van der Waals surface area contributed by atoms with Crippen LogP contribution in [0.25, 0.3) is 0 Å². The van der Waals surface area contributed by atoms with Gasteiger partial charge in [0.15, 0.2) is 0 Å². The molecular formula is C11H15BrClN3O2. The Morgan fingerprint density at radius 3 is 2.67 bits per heavy atom. The number of rotatable bonds is 6. The molecule has 0 fully saturated rings. The van der Waals surface area contributed by atoms with Crippen molar-refractivity contribution in [3.63, 3.8) is 0 Å². The molecule has 0 heterocycles. The van der Waals surface area contributed by atoms with E-state index in [0.717, 1.165) is 0 Å². The summed E-state index contributed by atoms with van der Waals surface area (Å²) < 4.78 is 5.43. The maximum atomic E-state index is 11.5. The summed E-state index contributed by atoms with van der Waals surface area (Å²) in [6, 6.07) is 0. The number of hydrogen-bond donors (Lipinski definition) is 0. The average molecular weight is 337 g/mol. The molecule has 0 aromatic carbocycles. The standard InChI is InChI=1S/C11H15BrClN3O2/c1-5-18-11(17)9(14-3)6-10(13)16(4)15-7-8(2)12/h6-7H,2,5H2,1,3-4H3/b10-6-,14-9+,15-7-. The Hall–Kier alpha value is -1.14. The molecule has 18 heavy (non-hydrogen) atoms. The number of hydrazone groups is 1. The van der Waals surface area contributed by atoms with E-state index in [4.69, 9.17) is 16.3 Å². The lowest BCUT2D eigenvalue weighted by molar-refractivity contribution is -0.134. The molecule has 0 aliphatic heterocycles. The second kappa shape index (κ2) is 8.88. The summed E-state index contributed by atoms with van der Waals surface area (Å²) in [4.78, 5) is 15.3. The number of halogens is 2. The third-order valence-corrected chi connectivity index (χ3v) is 2.22. The predicted molar refractivity (Wildman–Crippen MR) is 78.3 cm³/mol. The Morgan fingerprint density at radius 1 is 1.61 bits per heavy atom. The Morgan fingerprint density at radius 2 is 2.22 bits per heavy atom. The van der Waals surface area contributed by atoms with E-state index >= 15 is 0 Å². The minimum Gasteiger partial charge on any atom is -0.461 e. The van der Waals surface area contributed by atoms with Crippen molar-refractivity contribution in [3.05, 3.63) is 22.3 Å². The third-order valence-electron chi connectivity index (χ3n) is 1.66. The van der Waals surface area contributed by atoms with Gasteiger partial charge < -0.3 is 4.74 Å². The Kier molecular flexibility index (Phi) is 8.32. The van der Waals surface area contributed by atoms with Crippen molar-refractivity contribution in [2.45, 2.75) is 6.92 Å². The number of hydrogen-bond acceptors (Lipinski definition) is 5. The summed E-state index contributed by atoms with van der Waals surface area (Å²) in [5, 5.41) is 5.57. The molecule has 0 amide bonds. The van der Waals surface area contributed by atoms with E-state index in [9.17, 15) is 4.79 Å². The SMILES string of the molecule is C=C(Br)/C=N\N(C)/C(Cl)=C\C(=N/C)C(=O)OCC. The number of esters is 1. The van der Waals surface area contributed by atoms with Gasteiger partial charge in [-0.3, -0.25) is 10.0 Å². The molecule has 100 valence electrons. The summed E-state index contributed by atoms with van der Waals surface area (Å²) >= 11 is 9.10. The Bertz CT molecular complexity index is 405. The second-order valence-electron chi connectivity index (χ2n) is 3.01. The van der Waals surface area contributed by atoms with Crippen molar-refractivity contribution in [2.75, 3.05) is 20.7 Å². The van der Waals surface area contributed by atoms with E-state index < -0.39 is 5.97 Å². The number of allylic oxidation sites excluding steroid dienone is 1. The van der Waals surface area contributed by atoms with E-state index in [1.54, 1.807) is 14.0 Å². The molecular weight excluding hydrogens is 321 g/mol. The molecule has 7 heteroatoms. The van der Waals surface area contributed by atoms with Crippen LogP contribution in [0.15, 0.2) is 32.4 Å². The molecule has 0 N–H and O–H groups in total. The molecule has 0 aliphatic carbocycles. The van der Waals surface area contributed by atoms with E-state index in [-0.39, 0.29) is 17.5 Å². The molecule has 0 saturated heterocycles. The Labute approximate surface area is 120 Å². The van der Waals surface area contributed by atoms with Crippen LogP contribution in [-0.4, -0.2) is 43.6 Å². The molecule has 5 nitrogen and oxygen atoms in total. The smallest absolute Gasteiger partial charge is 0.356 e. The number of ether oxygens (including phenoxy) is 1. The van der Waals surface area contributed by atoms with Gasteiger partial charge in [-0.15, -0.1) is 0 Å². The molecule has 0 rings (SSSR count). The largest absolute Gasteiger partial charge is 0.461 e. The van der Waals surface area contributed by atoms with Crippen molar-refractivity contribution in [1.82, 2.24) is 5.01 Å². The normalized spacial score (nSPS) is 12.7. The van der Waals surface area contributed by atoms with Gasteiger partial charge in [-0.25, -0.2) is 4.79 Å². The van der Waals surface area contributed by atoms with Gasteiger partial charge in [0.1, 0.15) is 10.9 Å². The van der Waals surface area contributed by atoms with Gasteiger partial charge in [-0.1, -0.05) is 18.2 Å². The Balaban J connectivity index is 4.83. The van der Waals surface area contributed by atoms with Crippen LogP contribution in [-0.2, 0) is 9.53 Å². The number of aliphatic imine (C=N–C) groups is 1. The molecule has 0 saturated carbocycles. The van der Waals surface area contributed by atoms with Crippen LogP contribution in [0.3, 0.4) is 0 Å². The first-order chi connectivity index (χ1) is 8.42. The second-order valence-corrected chi connectivity index (χ2v) is 4.42. The first-order valence-corrected chi connectivity index (χ1v) is 6.22. The lowest BCUT2D eigenvalue weighted by atomic mass is 10.3. The molecule has 0 bridgehead atoms. The van der Waals surface area contributed by atoms with Gasteiger partial charge >= 0.3 is 5.97 Å². The van der Waals surface area contributed by atoms with Crippen LogP contribution >= 0.6 is 27.5 Å². The predicted octanol–water partition coefficient (Wildman–Crippen LogP) is 2.53. The summed E-state index contributed by atoms with van der Waals surface area (Å²) in [5.74, 6) is -0.527. The topological polar surface area (TPSA) is 54.3 Å². The lowest BCUT2D eigenvalue weighted by Crippen LogP contribution is -2.17. The molecule has 0 aromatic heterocycles. The quantitative estimate of drug-likeness (QED) is 0.324. The zero-order valence-corrected chi connectivity index (χ0v) is 12.8. The van der Waals surface area contributed by atoms with Gasteiger partial charge in [0.05, 0.1) is 12.8 Å². The molecule has 0 atom stereocenters. The fourth-order valence-electron chi connectivity index (χ4n) is 0.830. The van der Waals surface area contributed by atoms with Crippen LogP contribution in [0.4, 0.5) is 0 Å². The third kappa shape index (κ3) is 6.56. The zero-order valence-electron chi connectivity index (χ0n) is 10.5. The van der Waals surface area contributed by atoms with Crippen LogP contribution in [0.1, 0.15) is 6.92 Å². The van der Waals surface area contributed by atoms with Crippen molar-refractivity contribution >= 4 is 45.4 Å². The molecule has 0 aromatic rings. The lowest BCUT2D eigenvalue weighted by Gasteiger charge is -2.11. The summed E-state index contributed by atoms with van der Waals surface area (Å²) in [6.07, 6.45) is 2.86. The first kappa shape index (κ1) is 16.9. The molecule has 0 spiro atoms. The average Bonchev–Trinajstić information content (AvgIpc) is 2.32. The molecule has 0 unspecified atom stereocenters.